The molecule has 0 aliphatic rings. The molecule has 152 valence electrons. The number of hydrogen-bond acceptors (Lipinski definition) is 6. The van der Waals surface area contributed by atoms with Crippen LogP contribution in [0.4, 0.5) is 11.4 Å². The van der Waals surface area contributed by atoms with Gasteiger partial charge in [0.05, 0.1) is 22.5 Å². The number of non-ortho nitro benzene ring substituents is 1. The standard InChI is InChI=1S/C21H17N3O6/c25-15(13-30-21-10-9-14(23(26)27)11-20(21)24(28)29)12-22-18-7-3-1-5-16(18)17-6-2-4-8-19(17)22/h1-11,15,25H,12-13H2. The molecule has 0 saturated carbocycles. The molecular formula is C21H17N3O6. The fourth-order valence-electron chi connectivity index (χ4n) is 3.53. The van der Waals surface area contributed by atoms with Crippen LogP contribution >= 0.6 is 0 Å². The van der Waals surface area contributed by atoms with Crippen molar-refractivity contribution in [1.82, 2.24) is 4.57 Å². The number of aliphatic hydroxyl groups excluding tert-OH is 1. The number of aliphatic hydroxyl groups is 1. The summed E-state index contributed by atoms with van der Waals surface area (Å²) in [5.41, 5.74) is 0.992. The Kier molecular flexibility index (Phi) is 5.03. The summed E-state index contributed by atoms with van der Waals surface area (Å²) in [7, 11) is 0. The molecule has 0 saturated heterocycles. The second kappa shape index (κ2) is 7.80. The topological polar surface area (TPSA) is 121 Å². The van der Waals surface area contributed by atoms with Gasteiger partial charge in [-0.3, -0.25) is 20.2 Å². The van der Waals surface area contributed by atoms with Crippen LogP contribution in [0.15, 0.2) is 66.7 Å². The average Bonchev–Trinajstić information content (AvgIpc) is 3.06. The summed E-state index contributed by atoms with van der Waals surface area (Å²) in [5, 5.41) is 34.7. The third kappa shape index (κ3) is 3.53. The molecule has 0 spiro atoms. The van der Waals surface area contributed by atoms with E-state index in [9.17, 15) is 25.3 Å². The van der Waals surface area contributed by atoms with Gasteiger partial charge in [0.25, 0.3) is 5.69 Å². The van der Waals surface area contributed by atoms with Crippen LogP contribution in [-0.4, -0.2) is 32.2 Å². The van der Waals surface area contributed by atoms with Gasteiger partial charge in [0, 0.05) is 27.9 Å². The third-order valence-corrected chi connectivity index (χ3v) is 4.85. The van der Waals surface area contributed by atoms with Crippen molar-refractivity contribution in [2.75, 3.05) is 6.61 Å². The molecular weight excluding hydrogens is 390 g/mol. The molecule has 0 aliphatic heterocycles. The van der Waals surface area contributed by atoms with Gasteiger partial charge in [-0.15, -0.1) is 0 Å². The summed E-state index contributed by atoms with van der Waals surface area (Å²) < 4.78 is 7.42. The van der Waals surface area contributed by atoms with E-state index in [2.05, 4.69) is 0 Å². The number of fused-ring (bicyclic) bond motifs is 3. The van der Waals surface area contributed by atoms with Gasteiger partial charge in [0.1, 0.15) is 12.7 Å². The van der Waals surface area contributed by atoms with Crippen molar-refractivity contribution in [2.24, 2.45) is 0 Å². The van der Waals surface area contributed by atoms with E-state index in [0.717, 1.165) is 33.9 Å². The number of ether oxygens (including phenoxy) is 1. The first kappa shape index (κ1) is 19.3. The molecule has 4 rings (SSSR count). The zero-order valence-corrected chi connectivity index (χ0v) is 15.7. The number of hydrogen-bond donors (Lipinski definition) is 1. The summed E-state index contributed by atoms with van der Waals surface area (Å²) in [6, 6.07) is 18.8. The zero-order valence-electron chi connectivity index (χ0n) is 15.7. The van der Waals surface area contributed by atoms with Crippen molar-refractivity contribution in [3.8, 4) is 5.75 Å². The van der Waals surface area contributed by atoms with Crippen LogP contribution in [0.2, 0.25) is 0 Å². The molecule has 9 nitrogen and oxygen atoms in total. The highest BCUT2D eigenvalue weighted by Gasteiger charge is 2.22. The van der Waals surface area contributed by atoms with Crippen LogP contribution in [0.3, 0.4) is 0 Å². The number of benzene rings is 3. The van der Waals surface area contributed by atoms with Crippen LogP contribution in [0.1, 0.15) is 0 Å². The van der Waals surface area contributed by atoms with Crippen molar-refractivity contribution in [3.63, 3.8) is 0 Å². The van der Waals surface area contributed by atoms with Gasteiger partial charge in [-0.2, -0.15) is 0 Å². The van der Waals surface area contributed by atoms with Crippen molar-refractivity contribution in [1.29, 1.82) is 0 Å². The minimum Gasteiger partial charge on any atom is -0.484 e. The van der Waals surface area contributed by atoms with E-state index < -0.39 is 27.3 Å². The fourth-order valence-corrected chi connectivity index (χ4v) is 3.53. The van der Waals surface area contributed by atoms with E-state index >= 15 is 0 Å². The predicted octanol–water partition coefficient (Wildman–Crippen LogP) is 4.05. The smallest absolute Gasteiger partial charge is 0.317 e. The van der Waals surface area contributed by atoms with E-state index in [-0.39, 0.29) is 18.9 Å². The van der Waals surface area contributed by atoms with Gasteiger partial charge in [0.2, 0.25) is 0 Å². The summed E-state index contributed by atoms with van der Waals surface area (Å²) in [6.45, 7) is 0.00822. The lowest BCUT2D eigenvalue weighted by molar-refractivity contribution is -0.394. The molecule has 0 aliphatic carbocycles. The Hall–Kier alpha value is -3.98. The van der Waals surface area contributed by atoms with Crippen molar-refractivity contribution in [2.45, 2.75) is 12.6 Å². The Morgan fingerprint density at radius 1 is 0.900 bits per heavy atom. The quantitative estimate of drug-likeness (QED) is 0.364. The second-order valence-electron chi connectivity index (χ2n) is 6.78. The van der Waals surface area contributed by atoms with Gasteiger partial charge >= 0.3 is 5.69 Å². The van der Waals surface area contributed by atoms with Gasteiger partial charge < -0.3 is 14.4 Å². The van der Waals surface area contributed by atoms with Crippen molar-refractivity contribution in [3.05, 3.63) is 87.0 Å². The van der Waals surface area contributed by atoms with Crippen molar-refractivity contribution >= 4 is 33.2 Å². The highest BCUT2D eigenvalue weighted by atomic mass is 16.6. The Labute approximate surface area is 170 Å². The maximum atomic E-state index is 11.2. The SMILES string of the molecule is O=[N+]([O-])c1ccc(OCC(O)Cn2c3ccccc3c3ccccc32)c([N+](=O)[O-])c1. The molecule has 9 heteroatoms. The monoisotopic (exact) mass is 407 g/mol. The van der Waals surface area contributed by atoms with Gasteiger partial charge in [-0.25, -0.2) is 0 Å². The van der Waals surface area contributed by atoms with E-state index in [4.69, 9.17) is 4.74 Å². The summed E-state index contributed by atoms with van der Waals surface area (Å²) in [4.78, 5) is 20.6. The van der Waals surface area contributed by atoms with Crippen molar-refractivity contribution < 1.29 is 19.7 Å². The van der Waals surface area contributed by atoms with E-state index in [1.165, 1.54) is 6.07 Å². The number of nitrogens with zero attached hydrogens (tertiary/aromatic N) is 3. The molecule has 30 heavy (non-hydrogen) atoms. The van der Waals surface area contributed by atoms with Crippen LogP contribution in [0.5, 0.6) is 5.75 Å². The van der Waals surface area contributed by atoms with E-state index in [0.29, 0.717) is 0 Å². The summed E-state index contributed by atoms with van der Waals surface area (Å²) >= 11 is 0. The molecule has 4 aromatic rings. The lowest BCUT2D eigenvalue weighted by Crippen LogP contribution is -2.23. The van der Waals surface area contributed by atoms with E-state index in [1.54, 1.807) is 0 Å². The Morgan fingerprint density at radius 2 is 1.50 bits per heavy atom. The molecule has 0 bridgehead atoms. The Balaban J connectivity index is 1.57. The average molecular weight is 407 g/mol. The molecule has 3 aromatic carbocycles. The van der Waals surface area contributed by atoms with Crippen LogP contribution in [0, 0.1) is 20.2 Å². The molecule has 1 atom stereocenters. The first-order chi connectivity index (χ1) is 14.5. The Morgan fingerprint density at radius 3 is 2.07 bits per heavy atom. The minimum absolute atomic E-state index is 0.133. The van der Waals surface area contributed by atoms with E-state index in [1.807, 2.05) is 53.1 Å². The molecule has 1 unspecified atom stereocenters. The Bertz CT molecular complexity index is 1210. The highest BCUT2D eigenvalue weighted by Crippen LogP contribution is 2.32. The maximum absolute atomic E-state index is 11.2. The number of rotatable bonds is 7. The molecule has 1 aromatic heterocycles. The third-order valence-electron chi connectivity index (χ3n) is 4.85. The molecule has 0 fully saturated rings. The number of aromatic nitrogens is 1. The number of para-hydroxylation sites is 2. The highest BCUT2D eigenvalue weighted by molar-refractivity contribution is 6.07. The number of nitro benzene ring substituents is 2. The molecule has 1 N–H and O–H groups in total. The zero-order chi connectivity index (χ0) is 21.3. The normalized spacial score (nSPS) is 12.2. The first-order valence-corrected chi connectivity index (χ1v) is 9.15. The predicted molar refractivity (Wildman–Crippen MR) is 111 cm³/mol. The summed E-state index contributed by atoms with van der Waals surface area (Å²) in [5.74, 6) is -0.133. The lowest BCUT2D eigenvalue weighted by Gasteiger charge is -2.15. The largest absolute Gasteiger partial charge is 0.484 e. The maximum Gasteiger partial charge on any atom is 0.317 e. The molecule has 1 heterocycles. The fraction of sp³-hybridized carbons (Fsp3) is 0.143. The van der Waals surface area contributed by atoms with Crippen LogP contribution in [0.25, 0.3) is 21.8 Å². The first-order valence-electron chi connectivity index (χ1n) is 9.15. The van der Waals surface area contributed by atoms with Crippen LogP contribution < -0.4 is 4.74 Å². The molecule has 0 amide bonds. The lowest BCUT2D eigenvalue weighted by atomic mass is 10.2. The minimum atomic E-state index is -0.959. The number of nitro groups is 2. The second-order valence-corrected chi connectivity index (χ2v) is 6.78. The van der Waals surface area contributed by atoms with Gasteiger partial charge in [-0.05, 0) is 18.2 Å². The van der Waals surface area contributed by atoms with Gasteiger partial charge in [0.15, 0.2) is 5.75 Å². The molecule has 0 radical (unpaired) electrons. The van der Waals surface area contributed by atoms with Gasteiger partial charge in [-0.1, -0.05) is 36.4 Å². The summed E-state index contributed by atoms with van der Waals surface area (Å²) in [6.07, 6.45) is -0.959. The van der Waals surface area contributed by atoms with Crippen LogP contribution in [-0.2, 0) is 6.54 Å².